The number of nitrogens with one attached hydrogen (secondary N) is 1. The van der Waals surface area contributed by atoms with Crippen LogP contribution in [0.2, 0.25) is 10.0 Å². The molecular formula is C24H14Cl2N2O2. The van der Waals surface area contributed by atoms with Gasteiger partial charge in [-0.1, -0.05) is 59.6 Å². The Morgan fingerprint density at radius 2 is 1.77 bits per heavy atom. The number of halogens is 2. The van der Waals surface area contributed by atoms with Crippen molar-refractivity contribution >= 4 is 51.6 Å². The lowest BCUT2D eigenvalue weighted by atomic mass is 10.1. The molecule has 0 aliphatic rings. The van der Waals surface area contributed by atoms with Gasteiger partial charge in [-0.15, -0.1) is 0 Å². The molecule has 0 radical (unpaired) electrons. The first-order valence-corrected chi connectivity index (χ1v) is 9.77. The van der Waals surface area contributed by atoms with Crippen molar-refractivity contribution in [1.29, 1.82) is 5.26 Å². The van der Waals surface area contributed by atoms with Gasteiger partial charge in [0.15, 0.2) is 0 Å². The van der Waals surface area contributed by atoms with E-state index in [1.807, 2.05) is 42.5 Å². The number of amides is 1. The first-order chi connectivity index (χ1) is 14.5. The Bertz CT molecular complexity index is 1330. The summed E-state index contributed by atoms with van der Waals surface area (Å²) in [5.74, 6) is 0.318. The monoisotopic (exact) mass is 432 g/mol. The molecule has 0 fully saturated rings. The third kappa shape index (κ3) is 4.08. The van der Waals surface area contributed by atoms with Gasteiger partial charge in [-0.2, -0.15) is 5.26 Å². The van der Waals surface area contributed by atoms with E-state index in [1.54, 1.807) is 36.4 Å². The minimum Gasteiger partial charge on any atom is -0.457 e. The smallest absolute Gasteiger partial charge is 0.266 e. The van der Waals surface area contributed by atoms with E-state index < -0.39 is 5.91 Å². The zero-order valence-corrected chi connectivity index (χ0v) is 17.0. The normalized spacial score (nSPS) is 11.3. The molecule has 6 heteroatoms. The van der Waals surface area contributed by atoms with Crippen LogP contribution in [0.25, 0.3) is 28.2 Å². The van der Waals surface area contributed by atoms with E-state index in [9.17, 15) is 10.1 Å². The standard InChI is InChI=1S/C24H14Cl2N2O2/c25-21-7-3-6-20(23(21)26)22-11-10-19(30-22)13-17(14-27)24(29)28-18-9-8-15-4-1-2-5-16(15)12-18/h1-13H,(H,28,29). The molecule has 0 saturated heterocycles. The molecule has 4 rings (SSSR count). The zero-order chi connectivity index (χ0) is 21.1. The number of fused-ring (bicyclic) bond motifs is 1. The van der Waals surface area contributed by atoms with Gasteiger partial charge in [-0.3, -0.25) is 4.79 Å². The van der Waals surface area contributed by atoms with Gasteiger partial charge in [-0.25, -0.2) is 0 Å². The summed E-state index contributed by atoms with van der Waals surface area (Å²) in [7, 11) is 0. The number of carbonyl (C=O) groups is 1. The van der Waals surface area contributed by atoms with Crippen LogP contribution >= 0.6 is 23.2 Å². The molecule has 0 unspecified atom stereocenters. The van der Waals surface area contributed by atoms with Gasteiger partial charge in [0.05, 0.1) is 10.0 Å². The molecule has 0 aliphatic heterocycles. The van der Waals surface area contributed by atoms with E-state index in [4.69, 9.17) is 27.6 Å². The molecule has 1 heterocycles. The van der Waals surface area contributed by atoms with E-state index in [2.05, 4.69) is 5.32 Å². The van der Waals surface area contributed by atoms with Crippen molar-refractivity contribution < 1.29 is 9.21 Å². The van der Waals surface area contributed by atoms with Gasteiger partial charge in [0.25, 0.3) is 5.91 Å². The second kappa shape index (κ2) is 8.46. The van der Waals surface area contributed by atoms with Gasteiger partial charge in [0, 0.05) is 17.3 Å². The number of benzene rings is 3. The van der Waals surface area contributed by atoms with Gasteiger partial charge in [0.1, 0.15) is 23.2 Å². The fourth-order valence-corrected chi connectivity index (χ4v) is 3.42. The molecule has 30 heavy (non-hydrogen) atoms. The molecule has 4 nitrogen and oxygen atoms in total. The highest BCUT2D eigenvalue weighted by Gasteiger charge is 2.13. The third-order valence-corrected chi connectivity index (χ3v) is 5.32. The average molecular weight is 433 g/mol. The Labute approximate surface area is 183 Å². The van der Waals surface area contributed by atoms with Gasteiger partial charge < -0.3 is 9.73 Å². The lowest BCUT2D eigenvalue weighted by molar-refractivity contribution is -0.112. The van der Waals surface area contributed by atoms with E-state index in [0.717, 1.165) is 10.8 Å². The van der Waals surface area contributed by atoms with Gasteiger partial charge >= 0.3 is 0 Å². The molecule has 4 aromatic rings. The fraction of sp³-hybridized carbons (Fsp3) is 0. The Hall–Kier alpha value is -3.52. The third-order valence-electron chi connectivity index (χ3n) is 4.50. The highest BCUT2D eigenvalue weighted by atomic mass is 35.5. The predicted molar refractivity (Wildman–Crippen MR) is 120 cm³/mol. The summed E-state index contributed by atoms with van der Waals surface area (Å²) >= 11 is 12.3. The van der Waals surface area contributed by atoms with Crippen molar-refractivity contribution in [2.45, 2.75) is 0 Å². The first kappa shape index (κ1) is 19.8. The maximum atomic E-state index is 12.6. The van der Waals surface area contributed by atoms with Crippen molar-refractivity contribution in [3.63, 3.8) is 0 Å². The molecule has 3 aromatic carbocycles. The molecule has 0 aliphatic carbocycles. The average Bonchev–Trinajstić information content (AvgIpc) is 3.22. The van der Waals surface area contributed by atoms with Crippen molar-refractivity contribution in [2.24, 2.45) is 0 Å². The van der Waals surface area contributed by atoms with E-state index in [1.165, 1.54) is 6.08 Å². The molecule has 1 aromatic heterocycles. The second-order valence-electron chi connectivity index (χ2n) is 6.49. The maximum absolute atomic E-state index is 12.6. The summed E-state index contributed by atoms with van der Waals surface area (Å²) in [6.07, 6.45) is 1.39. The summed E-state index contributed by atoms with van der Waals surface area (Å²) in [5.41, 5.74) is 1.15. The summed E-state index contributed by atoms with van der Waals surface area (Å²) in [5, 5.41) is 15.0. The van der Waals surface area contributed by atoms with Crippen LogP contribution in [0, 0.1) is 11.3 Å². The second-order valence-corrected chi connectivity index (χ2v) is 7.27. The van der Waals surface area contributed by atoms with Crippen molar-refractivity contribution in [3.05, 3.63) is 94.2 Å². The minimum atomic E-state index is -0.522. The van der Waals surface area contributed by atoms with Gasteiger partial charge in [-0.05, 0) is 47.2 Å². The number of nitriles is 1. The Morgan fingerprint density at radius 1 is 0.967 bits per heavy atom. The molecule has 146 valence electrons. The van der Waals surface area contributed by atoms with Crippen LogP contribution in [0.4, 0.5) is 5.69 Å². The van der Waals surface area contributed by atoms with Crippen LogP contribution in [-0.2, 0) is 4.79 Å². The number of hydrogen-bond acceptors (Lipinski definition) is 3. The summed E-state index contributed by atoms with van der Waals surface area (Å²) < 4.78 is 5.75. The molecule has 0 bridgehead atoms. The van der Waals surface area contributed by atoms with Crippen molar-refractivity contribution in [3.8, 4) is 17.4 Å². The lowest BCUT2D eigenvalue weighted by Crippen LogP contribution is -2.13. The minimum absolute atomic E-state index is 0.0822. The lowest BCUT2D eigenvalue weighted by Gasteiger charge is -2.06. The molecule has 0 atom stereocenters. The molecule has 1 N–H and O–H groups in total. The highest BCUT2D eigenvalue weighted by Crippen LogP contribution is 2.34. The fourth-order valence-electron chi connectivity index (χ4n) is 3.03. The highest BCUT2D eigenvalue weighted by molar-refractivity contribution is 6.43. The Morgan fingerprint density at radius 3 is 2.57 bits per heavy atom. The van der Waals surface area contributed by atoms with Crippen LogP contribution in [0.5, 0.6) is 0 Å². The summed E-state index contributed by atoms with van der Waals surface area (Å²) in [6.45, 7) is 0. The number of hydrogen-bond donors (Lipinski definition) is 1. The van der Waals surface area contributed by atoms with Crippen LogP contribution < -0.4 is 5.32 Å². The van der Waals surface area contributed by atoms with Crippen LogP contribution in [0.15, 0.2) is 82.8 Å². The topological polar surface area (TPSA) is 66.0 Å². The number of carbonyl (C=O) groups excluding carboxylic acids is 1. The molecule has 0 saturated carbocycles. The summed E-state index contributed by atoms with van der Waals surface area (Å²) in [4.78, 5) is 12.6. The summed E-state index contributed by atoms with van der Waals surface area (Å²) in [6, 6.07) is 23.9. The van der Waals surface area contributed by atoms with Crippen molar-refractivity contribution in [2.75, 3.05) is 5.32 Å². The van der Waals surface area contributed by atoms with Crippen LogP contribution in [-0.4, -0.2) is 5.91 Å². The first-order valence-electron chi connectivity index (χ1n) is 9.01. The number of anilines is 1. The van der Waals surface area contributed by atoms with Crippen LogP contribution in [0.3, 0.4) is 0 Å². The quantitative estimate of drug-likeness (QED) is 0.280. The SMILES string of the molecule is N#CC(=Cc1ccc(-c2cccc(Cl)c2Cl)o1)C(=O)Nc1ccc2ccccc2c1. The molecular weight excluding hydrogens is 419 g/mol. The maximum Gasteiger partial charge on any atom is 0.266 e. The predicted octanol–water partition coefficient (Wildman–Crippen LogP) is 6.95. The molecule has 1 amide bonds. The van der Waals surface area contributed by atoms with E-state index in [0.29, 0.717) is 32.8 Å². The zero-order valence-electron chi connectivity index (χ0n) is 15.5. The molecule has 0 spiro atoms. The largest absolute Gasteiger partial charge is 0.457 e. The number of rotatable bonds is 4. The van der Waals surface area contributed by atoms with Crippen molar-refractivity contribution in [1.82, 2.24) is 0 Å². The Kier molecular flexibility index (Phi) is 5.58. The Balaban J connectivity index is 1.57. The number of furan rings is 1. The van der Waals surface area contributed by atoms with E-state index >= 15 is 0 Å². The van der Waals surface area contributed by atoms with Gasteiger partial charge in [0.2, 0.25) is 0 Å². The van der Waals surface area contributed by atoms with E-state index in [-0.39, 0.29) is 5.57 Å². The number of nitrogens with zero attached hydrogens (tertiary/aromatic N) is 1. The van der Waals surface area contributed by atoms with Crippen LogP contribution in [0.1, 0.15) is 5.76 Å².